The van der Waals surface area contributed by atoms with Crippen LogP contribution in [0.4, 0.5) is 19.0 Å². The molecule has 1 aliphatic rings. The van der Waals surface area contributed by atoms with E-state index in [0.717, 1.165) is 6.07 Å². The molecule has 0 bridgehead atoms. The number of aromatic nitrogens is 1. The van der Waals surface area contributed by atoms with Crippen LogP contribution in [0.15, 0.2) is 12.3 Å². The summed E-state index contributed by atoms with van der Waals surface area (Å²) in [4.78, 5) is 5.52. The van der Waals surface area contributed by atoms with E-state index in [4.69, 9.17) is 5.11 Å². The average Bonchev–Trinajstić information content (AvgIpc) is 2.37. The van der Waals surface area contributed by atoms with Gasteiger partial charge in [0.05, 0.1) is 12.2 Å². The minimum atomic E-state index is -4.47. The molecule has 2 rings (SSSR count). The highest BCUT2D eigenvalue weighted by Crippen LogP contribution is 2.36. The number of alkyl halides is 3. The van der Waals surface area contributed by atoms with E-state index in [-0.39, 0.29) is 17.4 Å². The van der Waals surface area contributed by atoms with E-state index in [1.807, 2.05) is 6.92 Å². The van der Waals surface area contributed by atoms with E-state index in [1.54, 1.807) is 4.90 Å². The summed E-state index contributed by atoms with van der Waals surface area (Å²) in [5.74, 6) is -0.0574. The van der Waals surface area contributed by atoms with Crippen molar-refractivity contribution in [2.75, 3.05) is 24.5 Å². The monoisotopic (exact) mass is 275 g/mol. The van der Waals surface area contributed by atoms with Crippen molar-refractivity contribution < 1.29 is 18.3 Å². The number of aliphatic hydroxyl groups is 1. The van der Waals surface area contributed by atoms with Gasteiger partial charge >= 0.3 is 6.18 Å². The average molecular weight is 275 g/mol. The van der Waals surface area contributed by atoms with Crippen LogP contribution in [0.5, 0.6) is 0 Å². The number of piperazine rings is 1. The van der Waals surface area contributed by atoms with Gasteiger partial charge < -0.3 is 15.3 Å². The summed E-state index contributed by atoms with van der Waals surface area (Å²) in [6.07, 6.45) is -3.18. The van der Waals surface area contributed by atoms with Gasteiger partial charge in [0.25, 0.3) is 0 Å². The SMILES string of the molecule is C[C@@H]1CN(c2ncc(CO)cc2C(F)(F)F)CCN1. The van der Waals surface area contributed by atoms with Crippen molar-refractivity contribution in [2.24, 2.45) is 0 Å². The largest absolute Gasteiger partial charge is 0.419 e. The fraction of sp³-hybridized carbons (Fsp3) is 0.583. The number of hydrogen-bond donors (Lipinski definition) is 2. The topological polar surface area (TPSA) is 48.4 Å². The van der Waals surface area contributed by atoms with Gasteiger partial charge in [0, 0.05) is 31.9 Å². The Morgan fingerprint density at radius 1 is 1.53 bits per heavy atom. The van der Waals surface area contributed by atoms with Crippen molar-refractivity contribution in [3.8, 4) is 0 Å². The van der Waals surface area contributed by atoms with Gasteiger partial charge in [0.1, 0.15) is 5.82 Å². The lowest BCUT2D eigenvalue weighted by Gasteiger charge is -2.34. The first-order chi connectivity index (χ1) is 8.91. The second-order valence-corrected chi connectivity index (χ2v) is 4.67. The summed E-state index contributed by atoms with van der Waals surface area (Å²) < 4.78 is 39.2. The summed E-state index contributed by atoms with van der Waals surface area (Å²) in [5.41, 5.74) is -0.618. The molecule has 0 amide bonds. The number of hydrogen-bond acceptors (Lipinski definition) is 4. The van der Waals surface area contributed by atoms with Crippen LogP contribution < -0.4 is 10.2 Å². The maximum atomic E-state index is 13.1. The van der Waals surface area contributed by atoms with Gasteiger partial charge in [0.15, 0.2) is 0 Å². The molecule has 106 valence electrons. The predicted octanol–water partition coefficient (Wildman–Crippen LogP) is 1.39. The molecule has 0 spiro atoms. The first-order valence-electron chi connectivity index (χ1n) is 6.07. The summed E-state index contributed by atoms with van der Waals surface area (Å²) in [5, 5.41) is 12.1. The molecule has 0 aliphatic carbocycles. The van der Waals surface area contributed by atoms with E-state index in [9.17, 15) is 13.2 Å². The Balaban J connectivity index is 2.38. The minimum absolute atomic E-state index is 0.0574. The normalized spacial score (nSPS) is 20.7. The fourth-order valence-electron chi connectivity index (χ4n) is 2.17. The van der Waals surface area contributed by atoms with E-state index in [2.05, 4.69) is 10.3 Å². The van der Waals surface area contributed by atoms with Crippen molar-refractivity contribution in [3.05, 3.63) is 23.4 Å². The third-order valence-electron chi connectivity index (χ3n) is 3.08. The van der Waals surface area contributed by atoms with Gasteiger partial charge in [-0.05, 0) is 18.6 Å². The van der Waals surface area contributed by atoms with Gasteiger partial charge in [-0.3, -0.25) is 0 Å². The van der Waals surface area contributed by atoms with Crippen molar-refractivity contribution in [1.82, 2.24) is 10.3 Å². The Bertz CT molecular complexity index is 450. The van der Waals surface area contributed by atoms with Crippen LogP contribution >= 0.6 is 0 Å². The maximum Gasteiger partial charge on any atom is 0.419 e. The highest BCUT2D eigenvalue weighted by molar-refractivity contribution is 5.50. The zero-order valence-corrected chi connectivity index (χ0v) is 10.5. The number of aliphatic hydroxyl groups excluding tert-OH is 1. The van der Waals surface area contributed by atoms with Crippen molar-refractivity contribution in [3.63, 3.8) is 0 Å². The first-order valence-corrected chi connectivity index (χ1v) is 6.07. The van der Waals surface area contributed by atoms with E-state index < -0.39 is 18.3 Å². The Morgan fingerprint density at radius 3 is 2.84 bits per heavy atom. The molecule has 2 heterocycles. The first kappa shape index (κ1) is 14.1. The number of nitrogens with zero attached hydrogens (tertiary/aromatic N) is 2. The number of anilines is 1. The number of pyridine rings is 1. The summed E-state index contributed by atoms with van der Waals surface area (Å²) in [7, 11) is 0. The van der Waals surface area contributed by atoms with E-state index >= 15 is 0 Å². The molecule has 2 N–H and O–H groups in total. The lowest BCUT2D eigenvalue weighted by molar-refractivity contribution is -0.137. The second-order valence-electron chi connectivity index (χ2n) is 4.67. The van der Waals surface area contributed by atoms with Gasteiger partial charge in [-0.25, -0.2) is 4.98 Å². The molecule has 19 heavy (non-hydrogen) atoms. The zero-order chi connectivity index (χ0) is 14.0. The van der Waals surface area contributed by atoms with E-state index in [0.29, 0.717) is 19.6 Å². The quantitative estimate of drug-likeness (QED) is 0.856. The van der Waals surface area contributed by atoms with Crippen LogP contribution in [0.1, 0.15) is 18.1 Å². The molecule has 0 aromatic carbocycles. The Hall–Kier alpha value is -1.34. The van der Waals surface area contributed by atoms with Crippen LogP contribution in [-0.2, 0) is 12.8 Å². The molecular weight excluding hydrogens is 259 g/mol. The van der Waals surface area contributed by atoms with Gasteiger partial charge in [0.2, 0.25) is 0 Å². The van der Waals surface area contributed by atoms with Crippen LogP contribution in [0.2, 0.25) is 0 Å². The molecule has 1 atom stereocenters. The van der Waals surface area contributed by atoms with Crippen LogP contribution in [0.3, 0.4) is 0 Å². The van der Waals surface area contributed by atoms with Crippen LogP contribution in [-0.4, -0.2) is 35.8 Å². The third-order valence-corrected chi connectivity index (χ3v) is 3.08. The summed E-state index contributed by atoms with van der Waals surface area (Å²) in [6.45, 7) is 3.06. The molecule has 0 radical (unpaired) electrons. The smallest absolute Gasteiger partial charge is 0.392 e. The summed E-state index contributed by atoms with van der Waals surface area (Å²) >= 11 is 0. The predicted molar refractivity (Wildman–Crippen MR) is 64.8 cm³/mol. The second kappa shape index (κ2) is 5.34. The molecule has 1 aromatic rings. The van der Waals surface area contributed by atoms with Crippen molar-refractivity contribution in [2.45, 2.75) is 25.7 Å². The molecule has 1 saturated heterocycles. The number of rotatable bonds is 2. The molecule has 1 aromatic heterocycles. The van der Waals surface area contributed by atoms with Crippen LogP contribution in [0.25, 0.3) is 0 Å². The number of halogens is 3. The third kappa shape index (κ3) is 3.16. The maximum absolute atomic E-state index is 13.1. The summed E-state index contributed by atoms with van der Waals surface area (Å²) in [6, 6.07) is 1.09. The fourth-order valence-corrected chi connectivity index (χ4v) is 2.17. The highest BCUT2D eigenvalue weighted by Gasteiger charge is 2.36. The molecule has 0 saturated carbocycles. The Kier molecular flexibility index (Phi) is 3.96. The lowest BCUT2D eigenvalue weighted by atomic mass is 10.1. The number of nitrogens with one attached hydrogen (secondary N) is 1. The zero-order valence-electron chi connectivity index (χ0n) is 10.5. The van der Waals surface area contributed by atoms with Gasteiger partial charge in [-0.15, -0.1) is 0 Å². The molecule has 0 unspecified atom stereocenters. The van der Waals surface area contributed by atoms with Crippen LogP contribution in [0, 0.1) is 0 Å². The standard InChI is InChI=1S/C12H16F3N3O/c1-8-6-18(3-2-16-8)11-10(12(13,14)15)4-9(7-19)5-17-11/h4-5,8,16,19H,2-3,6-7H2,1H3/t8-/m1/s1. The minimum Gasteiger partial charge on any atom is -0.392 e. The highest BCUT2D eigenvalue weighted by atomic mass is 19.4. The molecular formula is C12H16F3N3O. The Morgan fingerprint density at radius 2 is 2.26 bits per heavy atom. The molecule has 1 fully saturated rings. The van der Waals surface area contributed by atoms with Crippen molar-refractivity contribution >= 4 is 5.82 Å². The lowest BCUT2D eigenvalue weighted by Crippen LogP contribution is -2.50. The molecule has 7 heteroatoms. The Labute approximate surface area is 109 Å². The molecule has 1 aliphatic heterocycles. The van der Waals surface area contributed by atoms with Gasteiger partial charge in [-0.2, -0.15) is 13.2 Å². The van der Waals surface area contributed by atoms with Crippen molar-refractivity contribution in [1.29, 1.82) is 0 Å². The van der Waals surface area contributed by atoms with E-state index in [1.165, 1.54) is 6.20 Å². The van der Waals surface area contributed by atoms with Gasteiger partial charge in [-0.1, -0.05) is 0 Å². The molecule has 4 nitrogen and oxygen atoms in total.